The molecule has 13 heteroatoms. The zero-order valence-electron chi connectivity index (χ0n) is 22.9. The van der Waals surface area contributed by atoms with Crippen LogP contribution < -0.4 is 10.1 Å². The van der Waals surface area contributed by atoms with Gasteiger partial charge in [-0.05, 0) is 70.0 Å². The number of halogens is 2. The quantitative estimate of drug-likeness (QED) is 0.302. The van der Waals surface area contributed by atoms with Gasteiger partial charge in [0, 0.05) is 29.2 Å². The topological polar surface area (TPSA) is 115 Å². The number of esters is 1. The highest BCUT2D eigenvalue weighted by Crippen LogP contribution is 2.35. The minimum Gasteiger partial charge on any atom is -0.473 e. The largest absolute Gasteiger partial charge is 0.473 e. The number of carbonyl (C=O) groups is 2. The predicted octanol–water partition coefficient (Wildman–Crippen LogP) is 4.89. The van der Waals surface area contributed by atoms with E-state index in [0.717, 1.165) is 30.1 Å². The van der Waals surface area contributed by atoms with E-state index in [-0.39, 0.29) is 28.1 Å². The minimum atomic E-state index is -3.45. The first kappa shape index (κ1) is 30.1. The summed E-state index contributed by atoms with van der Waals surface area (Å²) >= 11 is 1.28. The molecule has 1 aromatic heterocycles. The molecule has 1 aliphatic heterocycles. The highest BCUT2D eigenvalue weighted by Gasteiger charge is 2.37. The monoisotopic (exact) mass is 619 g/mol. The van der Waals surface area contributed by atoms with E-state index in [2.05, 4.69) is 15.2 Å². The van der Waals surface area contributed by atoms with Crippen molar-refractivity contribution >= 4 is 38.2 Å². The van der Waals surface area contributed by atoms with Crippen LogP contribution in [0.2, 0.25) is 0 Å². The molecule has 1 amide bonds. The van der Waals surface area contributed by atoms with Crippen LogP contribution in [0.5, 0.6) is 5.75 Å². The van der Waals surface area contributed by atoms with Crippen LogP contribution in [0.4, 0.5) is 13.9 Å². The van der Waals surface area contributed by atoms with Crippen LogP contribution in [-0.4, -0.2) is 55.1 Å². The molecule has 2 heterocycles. The first-order valence-electron chi connectivity index (χ1n) is 13.7. The normalized spacial score (nSPS) is 17.0. The van der Waals surface area contributed by atoms with Crippen LogP contribution in [0.15, 0.2) is 53.6 Å². The second kappa shape index (κ2) is 12.8. The average Bonchev–Trinajstić information content (AvgIpc) is 3.75. The summed E-state index contributed by atoms with van der Waals surface area (Å²) in [6.07, 6.45) is 2.93. The molecule has 0 radical (unpaired) electrons. The fraction of sp³-hybridized carbons (Fsp3) is 0.414. The van der Waals surface area contributed by atoms with Crippen molar-refractivity contribution in [1.82, 2.24) is 9.88 Å². The van der Waals surface area contributed by atoms with Crippen molar-refractivity contribution in [3.05, 3.63) is 70.7 Å². The molecular formula is C29H31F2N3O6S2. The Bertz CT molecular complexity index is 1530. The Kier molecular flexibility index (Phi) is 9.19. The van der Waals surface area contributed by atoms with Crippen molar-refractivity contribution in [2.45, 2.75) is 55.4 Å². The molecule has 2 fully saturated rings. The third-order valence-electron chi connectivity index (χ3n) is 7.22. The number of nitrogens with zero attached hydrogens (tertiary/aromatic N) is 2. The van der Waals surface area contributed by atoms with Crippen molar-refractivity contribution in [1.29, 1.82) is 0 Å². The van der Waals surface area contributed by atoms with Gasteiger partial charge in [0.05, 0.1) is 22.7 Å². The lowest BCUT2D eigenvalue weighted by Gasteiger charge is -2.30. The number of ether oxygens (including phenoxy) is 2. The van der Waals surface area contributed by atoms with Gasteiger partial charge in [-0.15, -0.1) is 11.3 Å². The number of rotatable bonds is 11. The summed E-state index contributed by atoms with van der Waals surface area (Å²) in [5, 5.41) is 2.62. The lowest BCUT2D eigenvalue weighted by atomic mass is 9.97. The fourth-order valence-electron chi connectivity index (χ4n) is 4.79. The summed E-state index contributed by atoms with van der Waals surface area (Å²) < 4.78 is 64.0. The van der Waals surface area contributed by atoms with Gasteiger partial charge in [0.25, 0.3) is 5.91 Å². The maximum atomic E-state index is 14.4. The Balaban J connectivity index is 1.28. The Morgan fingerprint density at radius 3 is 2.45 bits per heavy atom. The van der Waals surface area contributed by atoms with Gasteiger partial charge >= 0.3 is 5.97 Å². The average molecular weight is 620 g/mol. The van der Waals surface area contributed by atoms with Crippen molar-refractivity contribution in [2.75, 3.05) is 25.0 Å². The number of nitrogens with one attached hydrogen (secondary N) is 1. The van der Waals surface area contributed by atoms with Crippen molar-refractivity contribution in [3.63, 3.8) is 0 Å². The maximum absolute atomic E-state index is 14.4. The molecule has 2 aliphatic rings. The van der Waals surface area contributed by atoms with E-state index in [1.54, 1.807) is 13.1 Å². The molecule has 224 valence electrons. The first-order valence-corrected chi connectivity index (χ1v) is 16.1. The number of thiazole rings is 1. The van der Waals surface area contributed by atoms with E-state index in [1.165, 1.54) is 35.6 Å². The summed E-state index contributed by atoms with van der Waals surface area (Å²) in [6.45, 7) is 4.22. The molecule has 1 unspecified atom stereocenters. The number of sulfone groups is 1. The Morgan fingerprint density at radius 2 is 1.81 bits per heavy atom. The molecule has 3 aromatic rings. The van der Waals surface area contributed by atoms with Gasteiger partial charge in [-0.2, -0.15) is 0 Å². The molecule has 9 nitrogen and oxygen atoms in total. The van der Waals surface area contributed by atoms with Crippen LogP contribution in [-0.2, 0) is 30.7 Å². The number of piperidine rings is 1. The SMILES string of the molecule is CCOC(=O)C1CCN(Cc2cnc(NC(=O)C(Oc3ccc(F)cc3F)c3ccc(S(=O)(=O)C4CC4)cc3)s2)CC1. The minimum absolute atomic E-state index is 0.0942. The number of amides is 1. The van der Waals surface area contributed by atoms with Crippen LogP contribution in [0.25, 0.3) is 0 Å². The molecule has 0 bridgehead atoms. The van der Waals surface area contributed by atoms with E-state index in [4.69, 9.17) is 9.47 Å². The number of aromatic nitrogens is 1. The molecule has 1 atom stereocenters. The smallest absolute Gasteiger partial charge is 0.309 e. The zero-order valence-corrected chi connectivity index (χ0v) is 24.6. The summed E-state index contributed by atoms with van der Waals surface area (Å²) in [7, 11) is -3.45. The number of carbonyl (C=O) groups excluding carboxylic acids is 2. The third-order valence-corrected chi connectivity index (χ3v) is 10.4. The summed E-state index contributed by atoms with van der Waals surface area (Å²) in [5.74, 6) is -3.02. The molecule has 42 heavy (non-hydrogen) atoms. The predicted molar refractivity (Wildman–Crippen MR) is 152 cm³/mol. The summed E-state index contributed by atoms with van der Waals surface area (Å²) in [5.41, 5.74) is 0.284. The van der Waals surface area contributed by atoms with Gasteiger partial charge in [-0.1, -0.05) is 12.1 Å². The number of likely N-dealkylation sites (tertiary alicyclic amines) is 1. The second-order valence-corrected chi connectivity index (χ2v) is 13.7. The van der Waals surface area contributed by atoms with Crippen LogP contribution in [0, 0.1) is 17.6 Å². The van der Waals surface area contributed by atoms with Gasteiger partial charge in [0.1, 0.15) is 5.82 Å². The third kappa shape index (κ3) is 7.13. The number of hydrogen-bond acceptors (Lipinski definition) is 9. The van der Waals surface area contributed by atoms with Crippen molar-refractivity contribution in [3.8, 4) is 5.75 Å². The van der Waals surface area contributed by atoms with Crippen molar-refractivity contribution in [2.24, 2.45) is 5.92 Å². The standard InChI is InChI=1S/C29H31F2N3O6S2/c1-2-39-28(36)19-11-13-34(14-12-19)17-21-16-32-29(41-21)33-27(35)26(40-25-10-5-20(30)15-24(25)31)18-3-6-22(7-4-18)42(37,38)23-8-9-23/h3-7,10,15-16,19,23,26H,2,8-9,11-14,17H2,1H3,(H,32,33,35). The Morgan fingerprint density at radius 1 is 1.10 bits per heavy atom. The van der Waals surface area contributed by atoms with E-state index < -0.39 is 38.7 Å². The lowest BCUT2D eigenvalue weighted by molar-refractivity contribution is -0.149. The number of hydrogen-bond donors (Lipinski definition) is 1. The van der Waals surface area contributed by atoms with Crippen LogP contribution >= 0.6 is 11.3 Å². The van der Waals surface area contributed by atoms with Gasteiger partial charge in [0.15, 0.2) is 26.5 Å². The molecule has 1 N–H and O–H groups in total. The maximum Gasteiger partial charge on any atom is 0.309 e. The van der Waals surface area contributed by atoms with Gasteiger partial charge in [-0.3, -0.25) is 19.8 Å². The Hall–Kier alpha value is -3.42. The summed E-state index contributed by atoms with van der Waals surface area (Å²) in [6, 6.07) is 8.46. The van der Waals surface area contributed by atoms with Crippen molar-refractivity contribution < 1.29 is 36.3 Å². The van der Waals surface area contributed by atoms with Crippen LogP contribution in [0.3, 0.4) is 0 Å². The summed E-state index contributed by atoms with van der Waals surface area (Å²) in [4.78, 5) is 33.0. The van der Waals surface area contributed by atoms with E-state index in [9.17, 15) is 26.8 Å². The highest BCUT2D eigenvalue weighted by atomic mass is 32.2. The molecule has 2 aromatic carbocycles. The highest BCUT2D eigenvalue weighted by molar-refractivity contribution is 7.92. The zero-order chi connectivity index (χ0) is 29.9. The first-order chi connectivity index (χ1) is 20.1. The van der Waals surface area contributed by atoms with E-state index in [1.807, 2.05) is 0 Å². The van der Waals surface area contributed by atoms with Gasteiger partial charge in [-0.25, -0.2) is 22.2 Å². The van der Waals surface area contributed by atoms with E-state index in [0.29, 0.717) is 50.0 Å². The fourth-order valence-corrected chi connectivity index (χ4v) is 7.31. The number of benzene rings is 2. The molecule has 5 rings (SSSR count). The van der Waals surface area contributed by atoms with E-state index >= 15 is 0 Å². The van der Waals surface area contributed by atoms with Gasteiger partial charge in [0.2, 0.25) is 6.10 Å². The second-order valence-electron chi connectivity index (χ2n) is 10.3. The molecule has 0 spiro atoms. The van der Waals surface area contributed by atoms with Gasteiger partial charge < -0.3 is 9.47 Å². The molecule has 1 saturated carbocycles. The Labute approximate surface area is 246 Å². The number of anilines is 1. The molecule has 1 saturated heterocycles. The lowest BCUT2D eigenvalue weighted by Crippen LogP contribution is -2.36. The van der Waals surface area contributed by atoms with Crippen LogP contribution in [0.1, 0.15) is 49.2 Å². The molecule has 1 aliphatic carbocycles. The molecular weight excluding hydrogens is 588 g/mol.